The second kappa shape index (κ2) is 8.04. The molecule has 5 heteroatoms. The summed E-state index contributed by atoms with van der Waals surface area (Å²) >= 11 is 6.20. The van der Waals surface area contributed by atoms with E-state index in [2.05, 4.69) is 0 Å². The Morgan fingerprint density at radius 2 is 1.90 bits per heavy atom. The van der Waals surface area contributed by atoms with Gasteiger partial charge in [0.1, 0.15) is 0 Å². The van der Waals surface area contributed by atoms with E-state index in [1.807, 2.05) is 6.07 Å². The van der Waals surface area contributed by atoms with E-state index in [1.54, 1.807) is 31.2 Å². The van der Waals surface area contributed by atoms with Crippen LogP contribution in [0.15, 0.2) is 42.5 Å². The molecule has 0 aliphatic carbocycles. The van der Waals surface area contributed by atoms with Gasteiger partial charge in [0, 0.05) is 12.0 Å². The van der Waals surface area contributed by atoms with Gasteiger partial charge in [-0.1, -0.05) is 43.3 Å². The first kappa shape index (κ1) is 16.7. The summed E-state index contributed by atoms with van der Waals surface area (Å²) in [5, 5.41) is 27.9. The quantitative estimate of drug-likeness (QED) is 0.533. The molecule has 4 unspecified atom stereocenters. The van der Waals surface area contributed by atoms with Crippen molar-refractivity contribution < 1.29 is 20.1 Å². The Hall–Kier alpha value is -1.36. The summed E-state index contributed by atoms with van der Waals surface area (Å²) < 4.78 is 0. The summed E-state index contributed by atoms with van der Waals surface area (Å²) in [5.74, 6) is -1.44. The van der Waals surface area contributed by atoms with Crippen molar-refractivity contribution in [1.82, 2.24) is 0 Å². The summed E-state index contributed by atoms with van der Waals surface area (Å²) in [6.45, 7) is 1.73. The van der Waals surface area contributed by atoms with E-state index in [1.165, 1.54) is 6.08 Å². The van der Waals surface area contributed by atoms with Gasteiger partial charge in [0.05, 0.1) is 17.6 Å². The maximum absolute atomic E-state index is 10.3. The molecule has 0 saturated carbocycles. The van der Waals surface area contributed by atoms with Gasteiger partial charge < -0.3 is 15.3 Å². The topological polar surface area (TPSA) is 77.8 Å². The van der Waals surface area contributed by atoms with E-state index in [9.17, 15) is 15.0 Å². The normalized spacial score (nSPS) is 17.6. The Balaban J connectivity index is 2.61. The molecule has 1 rings (SSSR count). The van der Waals surface area contributed by atoms with E-state index in [4.69, 9.17) is 16.7 Å². The molecule has 1 aromatic rings. The van der Waals surface area contributed by atoms with Crippen molar-refractivity contribution in [2.75, 3.05) is 0 Å². The SMILES string of the molecule is CC(C(O)CC=CC(=O)O)C(Cl)C(O)c1ccccc1. The standard InChI is InChI=1S/C15H19ClO4/c1-10(12(17)8-5-9-13(18)19)14(16)15(20)11-6-3-2-4-7-11/h2-7,9-10,12,14-15,17,20H,8H2,1H3,(H,18,19). The number of carbonyl (C=O) groups is 1. The first-order valence-electron chi connectivity index (χ1n) is 6.38. The number of benzene rings is 1. The summed E-state index contributed by atoms with van der Waals surface area (Å²) in [7, 11) is 0. The van der Waals surface area contributed by atoms with Crippen LogP contribution in [0.25, 0.3) is 0 Å². The molecular weight excluding hydrogens is 280 g/mol. The Bertz CT molecular complexity index is 446. The number of aliphatic hydroxyl groups excluding tert-OH is 2. The van der Waals surface area contributed by atoms with Crippen molar-refractivity contribution in [3.63, 3.8) is 0 Å². The van der Waals surface area contributed by atoms with E-state index in [0.29, 0.717) is 5.56 Å². The largest absolute Gasteiger partial charge is 0.478 e. The zero-order chi connectivity index (χ0) is 15.1. The zero-order valence-corrected chi connectivity index (χ0v) is 11.9. The molecule has 0 aliphatic heterocycles. The van der Waals surface area contributed by atoms with E-state index in [-0.39, 0.29) is 12.3 Å². The molecule has 3 N–H and O–H groups in total. The molecule has 0 aliphatic rings. The number of hydrogen-bond acceptors (Lipinski definition) is 3. The smallest absolute Gasteiger partial charge is 0.327 e. The first-order valence-corrected chi connectivity index (χ1v) is 6.81. The molecule has 0 radical (unpaired) electrons. The molecule has 4 atom stereocenters. The average Bonchev–Trinajstić information content (AvgIpc) is 2.45. The van der Waals surface area contributed by atoms with Gasteiger partial charge in [-0.2, -0.15) is 0 Å². The fraction of sp³-hybridized carbons (Fsp3) is 0.400. The van der Waals surface area contributed by atoms with Crippen molar-refractivity contribution in [2.24, 2.45) is 5.92 Å². The molecule has 0 saturated heterocycles. The van der Waals surface area contributed by atoms with Crippen LogP contribution in [-0.2, 0) is 4.79 Å². The van der Waals surface area contributed by atoms with E-state index < -0.39 is 23.6 Å². The lowest BCUT2D eigenvalue weighted by Crippen LogP contribution is -2.30. The van der Waals surface area contributed by atoms with Crippen molar-refractivity contribution in [3.8, 4) is 0 Å². The molecular formula is C15H19ClO4. The minimum absolute atomic E-state index is 0.179. The Morgan fingerprint density at radius 3 is 2.45 bits per heavy atom. The number of rotatable bonds is 7. The molecule has 0 heterocycles. The lowest BCUT2D eigenvalue weighted by molar-refractivity contribution is -0.131. The van der Waals surface area contributed by atoms with Crippen LogP contribution in [0.1, 0.15) is 25.0 Å². The predicted octanol–water partition coefficient (Wildman–Crippen LogP) is 2.36. The van der Waals surface area contributed by atoms with Crippen LogP contribution in [0.4, 0.5) is 0 Å². The van der Waals surface area contributed by atoms with Crippen LogP contribution in [0, 0.1) is 5.92 Å². The number of carboxylic acid groups (broad SMARTS) is 1. The predicted molar refractivity (Wildman–Crippen MR) is 77.6 cm³/mol. The molecule has 1 aromatic carbocycles. The maximum atomic E-state index is 10.3. The Kier molecular flexibility index (Phi) is 6.71. The summed E-state index contributed by atoms with van der Waals surface area (Å²) in [6, 6.07) is 8.99. The Morgan fingerprint density at radius 1 is 1.30 bits per heavy atom. The second-order valence-electron chi connectivity index (χ2n) is 4.70. The highest BCUT2D eigenvalue weighted by atomic mass is 35.5. The molecule has 0 fully saturated rings. The van der Waals surface area contributed by atoms with Crippen molar-refractivity contribution in [1.29, 1.82) is 0 Å². The molecule has 0 aromatic heterocycles. The molecule has 0 bridgehead atoms. The van der Waals surface area contributed by atoms with Gasteiger partial charge in [-0.25, -0.2) is 4.79 Å². The van der Waals surface area contributed by atoms with Gasteiger partial charge in [-0.3, -0.25) is 0 Å². The van der Waals surface area contributed by atoms with Crippen molar-refractivity contribution in [3.05, 3.63) is 48.0 Å². The number of aliphatic carboxylic acids is 1. The van der Waals surface area contributed by atoms with Crippen LogP contribution in [0.5, 0.6) is 0 Å². The molecule has 110 valence electrons. The average molecular weight is 299 g/mol. The first-order chi connectivity index (χ1) is 9.43. The van der Waals surface area contributed by atoms with Gasteiger partial charge in [0.15, 0.2) is 0 Å². The minimum atomic E-state index is -1.06. The van der Waals surface area contributed by atoms with E-state index >= 15 is 0 Å². The fourth-order valence-corrected chi connectivity index (χ4v) is 2.17. The summed E-state index contributed by atoms with van der Waals surface area (Å²) in [4.78, 5) is 10.3. The maximum Gasteiger partial charge on any atom is 0.327 e. The highest BCUT2D eigenvalue weighted by Crippen LogP contribution is 2.29. The zero-order valence-electron chi connectivity index (χ0n) is 11.2. The fourth-order valence-electron chi connectivity index (χ4n) is 1.86. The van der Waals surface area contributed by atoms with Gasteiger partial charge in [-0.05, 0) is 12.0 Å². The molecule has 0 spiro atoms. The molecule has 0 amide bonds. The number of hydrogen-bond donors (Lipinski definition) is 3. The third-order valence-electron chi connectivity index (χ3n) is 3.19. The highest BCUT2D eigenvalue weighted by molar-refractivity contribution is 6.21. The number of halogens is 1. The minimum Gasteiger partial charge on any atom is -0.478 e. The van der Waals surface area contributed by atoms with Crippen LogP contribution in [-0.4, -0.2) is 32.8 Å². The number of alkyl halides is 1. The van der Waals surface area contributed by atoms with Crippen LogP contribution >= 0.6 is 11.6 Å². The van der Waals surface area contributed by atoms with Gasteiger partial charge in [-0.15, -0.1) is 11.6 Å². The highest BCUT2D eigenvalue weighted by Gasteiger charge is 2.28. The van der Waals surface area contributed by atoms with Gasteiger partial charge in [0.25, 0.3) is 0 Å². The van der Waals surface area contributed by atoms with Crippen molar-refractivity contribution >= 4 is 17.6 Å². The second-order valence-corrected chi connectivity index (χ2v) is 5.21. The lowest BCUT2D eigenvalue weighted by atomic mass is 9.92. The number of carboxylic acids is 1. The number of aliphatic hydroxyl groups is 2. The monoisotopic (exact) mass is 298 g/mol. The van der Waals surface area contributed by atoms with Crippen LogP contribution < -0.4 is 0 Å². The van der Waals surface area contributed by atoms with Gasteiger partial charge in [0.2, 0.25) is 0 Å². The lowest BCUT2D eigenvalue weighted by Gasteiger charge is -2.26. The molecule has 4 nitrogen and oxygen atoms in total. The third-order valence-corrected chi connectivity index (χ3v) is 3.83. The van der Waals surface area contributed by atoms with Crippen molar-refractivity contribution in [2.45, 2.75) is 30.9 Å². The van der Waals surface area contributed by atoms with Crippen LogP contribution in [0.2, 0.25) is 0 Å². The third kappa shape index (κ3) is 4.96. The summed E-state index contributed by atoms with van der Waals surface area (Å²) in [6.07, 6.45) is 0.838. The van der Waals surface area contributed by atoms with Crippen LogP contribution in [0.3, 0.4) is 0 Å². The molecule has 20 heavy (non-hydrogen) atoms. The van der Waals surface area contributed by atoms with Gasteiger partial charge >= 0.3 is 5.97 Å². The van der Waals surface area contributed by atoms with E-state index in [0.717, 1.165) is 6.08 Å². The summed E-state index contributed by atoms with van der Waals surface area (Å²) in [5.41, 5.74) is 0.688. The Labute approximate surface area is 123 Å².